The van der Waals surface area contributed by atoms with Crippen LogP contribution in [0.15, 0.2) is 0 Å². The molecule has 0 aliphatic carbocycles. The van der Waals surface area contributed by atoms with Crippen molar-refractivity contribution in [1.29, 1.82) is 10.7 Å². The van der Waals surface area contributed by atoms with Crippen LogP contribution in [-0.2, 0) is 0 Å². The molecule has 0 radical (unpaired) electrons. The van der Waals surface area contributed by atoms with Gasteiger partial charge in [-0.1, -0.05) is 47.4 Å². The van der Waals surface area contributed by atoms with Gasteiger partial charge in [-0.05, 0) is 0 Å². The summed E-state index contributed by atoms with van der Waals surface area (Å²) in [5.74, 6) is -0.333. The number of nitriles is 1. The Morgan fingerprint density at radius 3 is 1.45 bits per heavy atom. The zero-order valence-electron chi connectivity index (χ0n) is 5.26. The predicted octanol–water partition coefficient (Wildman–Crippen LogP) is 1.22. The Morgan fingerprint density at radius 1 is 1.45 bits per heavy atom. The van der Waals surface area contributed by atoms with Crippen LogP contribution in [0.1, 0.15) is 0 Å². The molecular weight excluding hydrogens is 230 g/mol. The van der Waals surface area contributed by atoms with Crippen molar-refractivity contribution >= 4 is 53.4 Å². The molecule has 0 fully saturated rings. The number of halogens is 3. The van der Waals surface area contributed by atoms with Gasteiger partial charge in [-0.2, -0.15) is 5.26 Å². The van der Waals surface area contributed by atoms with E-state index in [-0.39, 0.29) is 5.96 Å². The fourth-order valence-corrected chi connectivity index (χ4v) is 0. The number of hydrogen-bond acceptors (Lipinski definition) is 3. The second-order valence-corrected chi connectivity index (χ2v) is 2.98. The molecule has 0 aliphatic rings. The van der Waals surface area contributed by atoms with E-state index in [1.807, 2.05) is 0 Å². The van der Waals surface area contributed by atoms with Crippen molar-refractivity contribution in [3.05, 3.63) is 0 Å². The van der Waals surface area contributed by atoms with E-state index in [2.05, 4.69) is 24.1 Å². The number of rotatable bonds is 0. The number of thiocyanates is 1. The zero-order chi connectivity index (χ0) is 9.86. The summed E-state index contributed by atoms with van der Waals surface area (Å²) in [6, 6.07) is 0. The number of nitrogens with zero attached hydrogens (tertiary/aromatic N) is 1. The highest BCUT2D eigenvalue weighted by Gasteiger charge is 1.78. The van der Waals surface area contributed by atoms with E-state index >= 15 is 0 Å². The Hall–Kier alpha value is -0.0200. The van der Waals surface area contributed by atoms with Crippen LogP contribution in [0.2, 0.25) is 0 Å². The van der Waals surface area contributed by atoms with E-state index in [1.165, 1.54) is 5.40 Å². The average Bonchev–Trinajstić information content (AvgIpc) is 1.60. The SMILES string of the molecule is ClC(Cl)Cl.N#CS.N=C(N)N. The summed E-state index contributed by atoms with van der Waals surface area (Å²) in [4.78, 5) is 0. The van der Waals surface area contributed by atoms with Crippen molar-refractivity contribution in [2.45, 2.75) is 4.30 Å². The molecule has 0 spiro atoms. The van der Waals surface area contributed by atoms with Gasteiger partial charge in [0, 0.05) is 0 Å². The summed E-state index contributed by atoms with van der Waals surface area (Å²) in [5, 5.41) is 14.7. The number of thiol groups is 1. The Labute approximate surface area is 85.3 Å². The topological polar surface area (TPSA) is 99.7 Å². The van der Waals surface area contributed by atoms with Crippen LogP contribution in [0.25, 0.3) is 0 Å². The monoisotopic (exact) mass is 236 g/mol. The molecule has 0 saturated carbocycles. The van der Waals surface area contributed by atoms with Crippen LogP contribution in [0, 0.1) is 16.1 Å². The van der Waals surface area contributed by atoms with Crippen LogP contribution >= 0.6 is 47.4 Å². The molecule has 0 aromatic carbocycles. The molecule has 0 aromatic rings. The third-order valence-electron chi connectivity index (χ3n) is 0. The first-order valence-corrected chi connectivity index (χ1v) is 3.69. The van der Waals surface area contributed by atoms with Crippen molar-refractivity contribution in [3.63, 3.8) is 0 Å². The fraction of sp³-hybridized carbons (Fsp3) is 0.333. The molecule has 0 amide bonds. The Bertz CT molecular complexity index is 115. The molecule has 0 aromatic heterocycles. The Balaban J connectivity index is -0.0000000886. The van der Waals surface area contributed by atoms with Crippen LogP contribution in [0.5, 0.6) is 0 Å². The molecular formula is C3H7Cl3N4S. The van der Waals surface area contributed by atoms with Crippen molar-refractivity contribution in [1.82, 2.24) is 0 Å². The third-order valence-corrected chi connectivity index (χ3v) is 0. The summed E-state index contributed by atoms with van der Waals surface area (Å²) in [6.45, 7) is 0. The minimum Gasteiger partial charge on any atom is -0.370 e. The van der Waals surface area contributed by atoms with Crippen LogP contribution < -0.4 is 11.5 Å². The summed E-state index contributed by atoms with van der Waals surface area (Å²) in [7, 11) is 0. The second kappa shape index (κ2) is 16.5. The lowest BCUT2D eigenvalue weighted by Gasteiger charge is -1.69. The van der Waals surface area contributed by atoms with Crippen LogP contribution in [0.4, 0.5) is 0 Å². The summed E-state index contributed by atoms with van der Waals surface area (Å²) in [5.41, 5.74) is 8.94. The number of nitrogens with two attached hydrogens (primary N) is 2. The smallest absolute Gasteiger partial charge is 0.183 e. The quantitative estimate of drug-likeness (QED) is 0.168. The normalized spacial score (nSPS) is 6.18. The molecule has 0 rings (SSSR count). The highest BCUT2D eigenvalue weighted by Crippen LogP contribution is 2.03. The molecule has 5 N–H and O–H groups in total. The van der Waals surface area contributed by atoms with E-state index in [4.69, 9.17) is 45.5 Å². The van der Waals surface area contributed by atoms with Gasteiger partial charge in [0.2, 0.25) is 0 Å². The summed E-state index contributed by atoms with van der Waals surface area (Å²) in [6.07, 6.45) is 0. The van der Waals surface area contributed by atoms with Gasteiger partial charge in [0.05, 0.1) is 0 Å². The number of hydrogen-bond donors (Lipinski definition) is 4. The van der Waals surface area contributed by atoms with Gasteiger partial charge >= 0.3 is 0 Å². The van der Waals surface area contributed by atoms with Crippen molar-refractivity contribution < 1.29 is 0 Å². The van der Waals surface area contributed by atoms with E-state index in [0.29, 0.717) is 0 Å². The fourth-order valence-electron chi connectivity index (χ4n) is 0. The number of guanidine groups is 1. The van der Waals surface area contributed by atoms with Gasteiger partial charge in [0.1, 0.15) is 5.40 Å². The highest BCUT2D eigenvalue weighted by molar-refractivity contribution is 7.85. The minimum atomic E-state index is -0.750. The maximum Gasteiger partial charge on any atom is 0.183 e. The molecule has 66 valence electrons. The predicted molar refractivity (Wildman–Crippen MR) is 52.0 cm³/mol. The number of nitrogens with one attached hydrogen (secondary N) is 1. The third kappa shape index (κ3) is 1590000. The first kappa shape index (κ1) is 17.2. The molecule has 0 aliphatic heterocycles. The van der Waals surface area contributed by atoms with E-state index in [9.17, 15) is 0 Å². The lowest BCUT2D eigenvalue weighted by Crippen LogP contribution is -2.20. The molecule has 11 heavy (non-hydrogen) atoms. The van der Waals surface area contributed by atoms with Crippen molar-refractivity contribution in [2.75, 3.05) is 0 Å². The van der Waals surface area contributed by atoms with Gasteiger partial charge in [-0.3, -0.25) is 5.41 Å². The van der Waals surface area contributed by atoms with Crippen LogP contribution in [0.3, 0.4) is 0 Å². The van der Waals surface area contributed by atoms with E-state index < -0.39 is 4.30 Å². The van der Waals surface area contributed by atoms with E-state index in [1.54, 1.807) is 0 Å². The summed E-state index contributed by atoms with van der Waals surface area (Å²) >= 11 is 17.5. The lowest BCUT2D eigenvalue weighted by atomic mass is 11.1. The highest BCUT2D eigenvalue weighted by atomic mass is 35.6. The van der Waals surface area contributed by atoms with Gasteiger partial charge < -0.3 is 11.5 Å². The maximum absolute atomic E-state index is 7.18. The zero-order valence-corrected chi connectivity index (χ0v) is 8.42. The maximum atomic E-state index is 7.18. The summed E-state index contributed by atoms with van der Waals surface area (Å²) < 4.78 is -0.750. The van der Waals surface area contributed by atoms with Gasteiger partial charge in [0.15, 0.2) is 10.3 Å². The molecule has 0 saturated heterocycles. The second-order valence-electron chi connectivity index (χ2n) is 0.803. The largest absolute Gasteiger partial charge is 0.370 e. The number of alkyl halides is 3. The van der Waals surface area contributed by atoms with Crippen molar-refractivity contribution in [3.8, 4) is 5.40 Å². The Kier molecular flexibility index (Phi) is 25.8. The first-order chi connectivity index (χ1) is 4.88. The molecule has 8 heteroatoms. The minimum absolute atomic E-state index is 0.333. The van der Waals surface area contributed by atoms with Gasteiger partial charge in [-0.15, -0.1) is 0 Å². The molecule has 0 bridgehead atoms. The van der Waals surface area contributed by atoms with Gasteiger partial charge in [-0.25, -0.2) is 0 Å². The first-order valence-electron chi connectivity index (χ1n) is 1.93. The van der Waals surface area contributed by atoms with Gasteiger partial charge in [0.25, 0.3) is 0 Å². The lowest BCUT2D eigenvalue weighted by molar-refractivity contribution is 1.39. The average molecular weight is 238 g/mol. The Morgan fingerprint density at radius 2 is 1.45 bits per heavy atom. The molecule has 0 atom stereocenters. The van der Waals surface area contributed by atoms with Crippen LogP contribution in [-0.4, -0.2) is 10.3 Å². The molecule has 0 unspecified atom stereocenters. The standard InChI is InChI=1S/CHCl3.CH5N3.CHNS/c2*2-1(3)4;2-1-3/h1H;(H5,2,3,4);3H. The molecule has 0 heterocycles. The molecule has 4 nitrogen and oxygen atoms in total. The van der Waals surface area contributed by atoms with Crippen molar-refractivity contribution in [2.24, 2.45) is 11.5 Å². The van der Waals surface area contributed by atoms with E-state index in [0.717, 1.165) is 0 Å².